The topological polar surface area (TPSA) is 124 Å². The maximum absolute atomic E-state index is 12.9. The normalized spacial score (nSPS) is 15.4. The molecule has 1 saturated heterocycles. The lowest BCUT2D eigenvalue weighted by atomic mass is 10.1. The second kappa shape index (κ2) is 8.65. The van der Waals surface area contributed by atoms with E-state index in [-0.39, 0.29) is 24.0 Å². The molecule has 4 N–H and O–H groups in total. The van der Waals surface area contributed by atoms with Crippen LogP contribution in [0.1, 0.15) is 5.56 Å². The SMILES string of the molecule is C#Cc1ccc(NC(=O)C2=C(C(N)=O)N(c3ccc(N4CCOC4=N)cc3)CC=N2)cc1. The quantitative estimate of drug-likeness (QED) is 0.625. The molecule has 9 nitrogen and oxygen atoms in total. The molecule has 2 aliphatic rings. The van der Waals surface area contributed by atoms with Crippen molar-refractivity contribution in [2.24, 2.45) is 10.7 Å². The van der Waals surface area contributed by atoms with Gasteiger partial charge >= 0.3 is 0 Å². The minimum Gasteiger partial charge on any atom is -0.463 e. The van der Waals surface area contributed by atoms with E-state index in [0.29, 0.717) is 30.1 Å². The number of terminal acetylenes is 1. The van der Waals surface area contributed by atoms with Gasteiger partial charge in [0.1, 0.15) is 12.3 Å². The third kappa shape index (κ3) is 4.02. The Bertz CT molecular complexity index is 1180. The number of hydrogen-bond acceptors (Lipinski definition) is 6. The molecule has 2 aromatic carbocycles. The van der Waals surface area contributed by atoms with E-state index in [1.165, 1.54) is 0 Å². The Labute approximate surface area is 184 Å². The molecule has 1 fully saturated rings. The van der Waals surface area contributed by atoms with Gasteiger partial charge in [-0.1, -0.05) is 5.92 Å². The predicted molar refractivity (Wildman–Crippen MR) is 123 cm³/mol. The fraction of sp³-hybridized carbons (Fsp3) is 0.130. The summed E-state index contributed by atoms with van der Waals surface area (Å²) in [5.41, 5.74) is 8.19. The molecule has 0 saturated carbocycles. The van der Waals surface area contributed by atoms with E-state index >= 15 is 0 Å². The highest BCUT2D eigenvalue weighted by Crippen LogP contribution is 2.28. The molecular formula is C23H20N6O3. The minimum absolute atomic E-state index is 0.00440. The minimum atomic E-state index is -0.770. The van der Waals surface area contributed by atoms with E-state index in [2.05, 4.69) is 16.2 Å². The Balaban J connectivity index is 1.61. The summed E-state index contributed by atoms with van der Waals surface area (Å²) in [6.07, 6.45) is 6.89. The number of nitrogens with zero attached hydrogens (tertiary/aromatic N) is 3. The van der Waals surface area contributed by atoms with Crippen molar-refractivity contribution in [3.63, 3.8) is 0 Å². The lowest BCUT2D eigenvalue weighted by Gasteiger charge is -2.28. The van der Waals surface area contributed by atoms with Gasteiger partial charge in [-0.3, -0.25) is 24.9 Å². The largest absolute Gasteiger partial charge is 0.463 e. The number of ether oxygens (including phenoxy) is 1. The van der Waals surface area contributed by atoms with Gasteiger partial charge in [0.15, 0.2) is 5.70 Å². The zero-order chi connectivity index (χ0) is 22.7. The summed E-state index contributed by atoms with van der Waals surface area (Å²) in [6, 6.07) is 14.0. The van der Waals surface area contributed by atoms with Gasteiger partial charge in [-0.25, -0.2) is 0 Å². The zero-order valence-electron chi connectivity index (χ0n) is 17.0. The van der Waals surface area contributed by atoms with Gasteiger partial charge in [0.25, 0.3) is 17.8 Å². The van der Waals surface area contributed by atoms with Gasteiger partial charge in [-0.2, -0.15) is 0 Å². The molecule has 9 heteroatoms. The average molecular weight is 428 g/mol. The fourth-order valence-electron chi connectivity index (χ4n) is 3.46. The Hall–Kier alpha value is -4.58. The molecule has 32 heavy (non-hydrogen) atoms. The maximum atomic E-state index is 12.9. The van der Waals surface area contributed by atoms with E-state index in [4.69, 9.17) is 22.3 Å². The van der Waals surface area contributed by atoms with Gasteiger partial charge in [0, 0.05) is 28.8 Å². The summed E-state index contributed by atoms with van der Waals surface area (Å²) in [7, 11) is 0. The Morgan fingerprint density at radius 2 is 1.75 bits per heavy atom. The number of anilines is 3. The van der Waals surface area contributed by atoms with Crippen LogP contribution in [-0.2, 0) is 14.3 Å². The van der Waals surface area contributed by atoms with E-state index in [1.807, 2.05) is 12.1 Å². The van der Waals surface area contributed by atoms with Gasteiger partial charge in [-0.05, 0) is 48.5 Å². The Morgan fingerprint density at radius 3 is 2.31 bits per heavy atom. The van der Waals surface area contributed by atoms with Crippen LogP contribution >= 0.6 is 0 Å². The van der Waals surface area contributed by atoms with Crippen LogP contribution in [0.25, 0.3) is 0 Å². The number of nitrogens with two attached hydrogens (primary N) is 1. The fourth-order valence-corrected chi connectivity index (χ4v) is 3.46. The molecule has 0 aliphatic carbocycles. The van der Waals surface area contributed by atoms with Crippen molar-refractivity contribution < 1.29 is 14.3 Å². The van der Waals surface area contributed by atoms with Crippen molar-refractivity contribution in [1.29, 1.82) is 5.41 Å². The van der Waals surface area contributed by atoms with E-state index in [9.17, 15) is 9.59 Å². The highest BCUT2D eigenvalue weighted by molar-refractivity contribution is 6.12. The van der Waals surface area contributed by atoms with Crippen LogP contribution in [0.3, 0.4) is 0 Å². The lowest BCUT2D eigenvalue weighted by molar-refractivity contribution is -0.116. The molecule has 2 heterocycles. The van der Waals surface area contributed by atoms with Crippen molar-refractivity contribution >= 4 is 41.1 Å². The van der Waals surface area contributed by atoms with Gasteiger partial charge in [0.05, 0.1) is 13.1 Å². The van der Waals surface area contributed by atoms with Crippen LogP contribution in [0.5, 0.6) is 0 Å². The van der Waals surface area contributed by atoms with Crippen LogP contribution in [0.15, 0.2) is 64.9 Å². The highest BCUT2D eigenvalue weighted by Gasteiger charge is 2.28. The first-order valence-electron chi connectivity index (χ1n) is 9.79. The lowest BCUT2D eigenvalue weighted by Crippen LogP contribution is -2.38. The zero-order valence-corrected chi connectivity index (χ0v) is 17.0. The first-order chi connectivity index (χ1) is 15.5. The van der Waals surface area contributed by atoms with Crippen molar-refractivity contribution in [3.05, 3.63) is 65.5 Å². The molecule has 2 aliphatic heterocycles. The third-order valence-corrected chi connectivity index (χ3v) is 5.01. The van der Waals surface area contributed by atoms with Crippen LogP contribution in [0.2, 0.25) is 0 Å². The molecule has 0 bridgehead atoms. The highest BCUT2D eigenvalue weighted by atomic mass is 16.5. The van der Waals surface area contributed by atoms with Crippen molar-refractivity contribution in [2.45, 2.75) is 0 Å². The Kier molecular flexibility index (Phi) is 5.59. The summed E-state index contributed by atoms with van der Waals surface area (Å²) in [4.78, 5) is 32.7. The third-order valence-electron chi connectivity index (χ3n) is 5.01. The monoisotopic (exact) mass is 428 g/mol. The molecule has 4 rings (SSSR count). The summed E-state index contributed by atoms with van der Waals surface area (Å²) in [5, 5.41) is 10.5. The second-order valence-corrected chi connectivity index (χ2v) is 6.98. The molecule has 0 atom stereocenters. The number of amides is 2. The predicted octanol–water partition coefficient (Wildman–Crippen LogP) is 1.67. The van der Waals surface area contributed by atoms with Gasteiger partial charge in [-0.15, -0.1) is 6.42 Å². The molecule has 2 aromatic rings. The van der Waals surface area contributed by atoms with Crippen LogP contribution < -0.4 is 20.9 Å². The molecule has 0 spiro atoms. The van der Waals surface area contributed by atoms with E-state index in [0.717, 1.165) is 5.69 Å². The number of rotatable bonds is 5. The van der Waals surface area contributed by atoms with Crippen LogP contribution in [0, 0.1) is 17.8 Å². The number of carbonyl (C=O) groups is 2. The number of nitrogens with one attached hydrogen (secondary N) is 2. The number of carbonyl (C=O) groups excluding carboxylic acids is 2. The number of primary amides is 1. The first-order valence-corrected chi connectivity index (χ1v) is 9.79. The number of aliphatic imine (C=N–C) groups is 1. The number of amidine groups is 1. The maximum Gasteiger partial charge on any atom is 0.289 e. The average Bonchev–Trinajstić information content (AvgIpc) is 3.25. The van der Waals surface area contributed by atoms with Crippen molar-refractivity contribution in [2.75, 3.05) is 34.8 Å². The standard InChI is InChI=1S/C23H20N6O3/c1-2-15-3-5-16(6-4-15)27-22(31)19-20(21(24)30)28(12-11-26-19)17-7-9-18(10-8-17)29-13-14-32-23(29)25/h1,3-11,25H,12-14H2,(H2,24,30)(H,27,31). The summed E-state index contributed by atoms with van der Waals surface area (Å²) in [5.74, 6) is 1.17. The van der Waals surface area contributed by atoms with Crippen LogP contribution in [-0.4, -0.2) is 43.7 Å². The molecule has 2 amide bonds. The second-order valence-electron chi connectivity index (χ2n) is 6.98. The molecule has 160 valence electrons. The molecule has 0 unspecified atom stereocenters. The first kappa shape index (κ1) is 20.7. The van der Waals surface area contributed by atoms with Gasteiger partial charge in [0.2, 0.25) is 0 Å². The van der Waals surface area contributed by atoms with Crippen molar-refractivity contribution in [3.8, 4) is 12.3 Å². The molecular weight excluding hydrogens is 408 g/mol. The summed E-state index contributed by atoms with van der Waals surface area (Å²) in [6.45, 7) is 1.32. The van der Waals surface area contributed by atoms with Crippen molar-refractivity contribution in [1.82, 2.24) is 0 Å². The van der Waals surface area contributed by atoms with E-state index < -0.39 is 11.8 Å². The Morgan fingerprint density at radius 1 is 1.09 bits per heavy atom. The van der Waals surface area contributed by atoms with E-state index in [1.54, 1.807) is 52.4 Å². The number of benzene rings is 2. The molecule has 0 radical (unpaired) electrons. The molecule has 0 aromatic heterocycles. The number of hydrogen-bond donors (Lipinski definition) is 3. The van der Waals surface area contributed by atoms with Gasteiger partial charge < -0.3 is 20.7 Å². The summed E-state index contributed by atoms with van der Waals surface area (Å²) >= 11 is 0. The smallest absolute Gasteiger partial charge is 0.289 e. The summed E-state index contributed by atoms with van der Waals surface area (Å²) < 4.78 is 5.18. The van der Waals surface area contributed by atoms with Crippen LogP contribution in [0.4, 0.5) is 17.1 Å².